The lowest BCUT2D eigenvalue weighted by molar-refractivity contribution is 0.0697. The van der Waals surface area contributed by atoms with Gasteiger partial charge in [0.1, 0.15) is 0 Å². The van der Waals surface area contributed by atoms with Gasteiger partial charge in [-0.25, -0.2) is 27.9 Å². The first kappa shape index (κ1) is 29.3. The lowest BCUT2D eigenvalue weighted by Crippen LogP contribution is -2.30. The highest BCUT2D eigenvalue weighted by molar-refractivity contribution is 7.90. The van der Waals surface area contributed by atoms with E-state index < -0.39 is 21.9 Å². The summed E-state index contributed by atoms with van der Waals surface area (Å²) in [6, 6.07) is 13.2. The number of nitrogens with one attached hydrogen (secondary N) is 1. The molecule has 0 unspecified atom stereocenters. The van der Waals surface area contributed by atoms with Crippen molar-refractivity contribution in [2.24, 2.45) is 0 Å². The molecule has 208 valence electrons. The minimum atomic E-state index is -4.30. The highest BCUT2D eigenvalue weighted by Gasteiger charge is 2.23. The minimum absolute atomic E-state index is 0.133. The van der Waals surface area contributed by atoms with E-state index in [1.807, 2.05) is 23.5 Å². The number of amides is 1. The summed E-state index contributed by atoms with van der Waals surface area (Å²) < 4.78 is 28.0. The summed E-state index contributed by atoms with van der Waals surface area (Å²) in [5.41, 5.74) is -0.0919. The maximum atomic E-state index is 13.0. The fourth-order valence-corrected chi connectivity index (χ4v) is 5.67. The largest absolute Gasteiger partial charge is 0.478 e. The molecule has 1 heterocycles. The van der Waals surface area contributed by atoms with E-state index in [1.54, 1.807) is 24.3 Å². The topological polar surface area (TPSA) is 130 Å². The number of hydrogen-bond donors (Lipinski definition) is 2. The second-order valence-corrected chi connectivity index (χ2v) is 11.5. The van der Waals surface area contributed by atoms with Crippen LogP contribution >= 0.6 is 23.2 Å². The van der Waals surface area contributed by atoms with Crippen molar-refractivity contribution in [3.8, 4) is 11.3 Å². The molecule has 0 radical (unpaired) electrons. The normalized spacial score (nSPS) is 11.4. The summed E-state index contributed by atoms with van der Waals surface area (Å²) in [5, 5.41) is 11.7. The van der Waals surface area contributed by atoms with Gasteiger partial charge in [0.2, 0.25) is 5.95 Å². The van der Waals surface area contributed by atoms with E-state index in [0.29, 0.717) is 29.4 Å². The van der Waals surface area contributed by atoms with Gasteiger partial charge in [-0.3, -0.25) is 4.79 Å². The average molecular weight is 602 g/mol. The van der Waals surface area contributed by atoms with Crippen LogP contribution in [0.2, 0.25) is 10.0 Å². The van der Waals surface area contributed by atoms with Crippen molar-refractivity contribution in [1.29, 1.82) is 0 Å². The van der Waals surface area contributed by atoms with Crippen molar-refractivity contribution < 1.29 is 23.1 Å². The number of carboxylic acids is 1. The molecule has 0 aliphatic carbocycles. The average Bonchev–Trinajstić information content (AvgIpc) is 2.92. The quantitative estimate of drug-likeness (QED) is 0.225. The Morgan fingerprint density at radius 2 is 1.70 bits per heavy atom. The number of nitrogens with zero attached hydrogens (tertiary/aromatic N) is 3. The molecule has 1 amide bonds. The summed E-state index contributed by atoms with van der Waals surface area (Å²) in [4.78, 5) is 35.8. The van der Waals surface area contributed by atoms with Crippen molar-refractivity contribution >= 4 is 61.8 Å². The fourth-order valence-electron chi connectivity index (χ4n) is 4.24. The van der Waals surface area contributed by atoms with Gasteiger partial charge >= 0.3 is 5.97 Å². The Hall–Kier alpha value is -3.73. The molecule has 0 bridgehead atoms. The van der Waals surface area contributed by atoms with Crippen LogP contribution in [0.5, 0.6) is 0 Å². The number of rotatable bonds is 10. The predicted octanol–water partition coefficient (Wildman–Crippen LogP) is 6.05. The van der Waals surface area contributed by atoms with E-state index in [4.69, 9.17) is 23.2 Å². The number of benzene rings is 3. The molecule has 9 nitrogen and oxygen atoms in total. The molecule has 4 rings (SSSR count). The van der Waals surface area contributed by atoms with Crippen LogP contribution in [0.25, 0.3) is 22.0 Å². The zero-order valence-electron chi connectivity index (χ0n) is 21.7. The summed E-state index contributed by atoms with van der Waals surface area (Å²) in [6.45, 7) is 5.47. The van der Waals surface area contributed by atoms with E-state index in [-0.39, 0.29) is 32.3 Å². The first-order chi connectivity index (χ1) is 19.1. The van der Waals surface area contributed by atoms with Crippen LogP contribution in [-0.2, 0) is 10.0 Å². The molecule has 40 heavy (non-hydrogen) atoms. The van der Waals surface area contributed by atoms with E-state index in [1.165, 1.54) is 30.5 Å². The van der Waals surface area contributed by atoms with Crippen molar-refractivity contribution in [1.82, 2.24) is 14.7 Å². The van der Waals surface area contributed by atoms with Crippen LogP contribution in [0.3, 0.4) is 0 Å². The van der Waals surface area contributed by atoms with Crippen molar-refractivity contribution in [3.05, 3.63) is 82.0 Å². The minimum Gasteiger partial charge on any atom is -0.478 e. The number of halogens is 2. The Bertz CT molecular complexity index is 1710. The van der Waals surface area contributed by atoms with Gasteiger partial charge < -0.3 is 10.0 Å². The third-order valence-corrected chi connectivity index (χ3v) is 8.04. The molecule has 0 fully saturated rings. The molecule has 12 heteroatoms. The Morgan fingerprint density at radius 3 is 2.38 bits per heavy atom. The van der Waals surface area contributed by atoms with E-state index in [0.717, 1.165) is 24.3 Å². The van der Waals surface area contributed by atoms with Crippen LogP contribution in [0.15, 0.2) is 65.7 Å². The van der Waals surface area contributed by atoms with Gasteiger partial charge in [0.05, 0.1) is 27.4 Å². The van der Waals surface area contributed by atoms with Crippen LogP contribution < -0.4 is 9.62 Å². The summed E-state index contributed by atoms with van der Waals surface area (Å²) in [5.74, 6) is -1.94. The van der Waals surface area contributed by atoms with Gasteiger partial charge in [0.25, 0.3) is 15.9 Å². The van der Waals surface area contributed by atoms with Crippen LogP contribution in [0.1, 0.15) is 47.4 Å². The number of carbonyl (C=O) groups excluding carboxylic acids is 1. The fraction of sp³-hybridized carbons (Fsp3) is 0.214. The Kier molecular flexibility index (Phi) is 8.92. The number of carboxylic acid groups (broad SMARTS) is 1. The summed E-state index contributed by atoms with van der Waals surface area (Å²) >= 11 is 12.6. The maximum absolute atomic E-state index is 13.0. The smallest absolute Gasteiger partial charge is 0.336 e. The molecule has 0 saturated heterocycles. The third-order valence-electron chi connectivity index (χ3n) is 6.11. The highest BCUT2D eigenvalue weighted by Crippen LogP contribution is 2.31. The molecule has 0 spiro atoms. The SMILES string of the molecule is CCCN(CCC)c1ncc(Cl)c(-c2ccc(C(=O)NS(=O)(=O)c3ccc4cccc(Cl)c4c3)cc2C(=O)O)n1. The van der Waals surface area contributed by atoms with Crippen molar-refractivity contribution in [3.63, 3.8) is 0 Å². The number of aromatic carboxylic acids is 1. The number of hydrogen-bond acceptors (Lipinski definition) is 7. The van der Waals surface area contributed by atoms with Crippen LogP contribution in [-0.4, -0.2) is 48.5 Å². The van der Waals surface area contributed by atoms with Gasteiger partial charge in [-0.05, 0) is 48.6 Å². The molecule has 3 aromatic carbocycles. The number of fused-ring (bicyclic) bond motifs is 1. The maximum Gasteiger partial charge on any atom is 0.336 e. The molecule has 0 saturated carbocycles. The van der Waals surface area contributed by atoms with E-state index in [2.05, 4.69) is 9.97 Å². The molecule has 1 aromatic heterocycles. The van der Waals surface area contributed by atoms with Gasteiger partial charge in [0, 0.05) is 34.6 Å². The van der Waals surface area contributed by atoms with E-state index in [9.17, 15) is 23.1 Å². The first-order valence-corrected chi connectivity index (χ1v) is 14.7. The van der Waals surface area contributed by atoms with Crippen molar-refractivity contribution in [2.75, 3.05) is 18.0 Å². The zero-order chi connectivity index (χ0) is 29.0. The Labute approximate surface area is 241 Å². The third kappa shape index (κ3) is 6.19. The molecular weight excluding hydrogens is 575 g/mol. The number of sulfonamides is 1. The van der Waals surface area contributed by atoms with Gasteiger partial charge in [-0.2, -0.15) is 0 Å². The Balaban J connectivity index is 1.68. The van der Waals surface area contributed by atoms with Crippen LogP contribution in [0.4, 0.5) is 5.95 Å². The molecular formula is C28H26Cl2N4O5S. The van der Waals surface area contributed by atoms with E-state index >= 15 is 0 Å². The number of carbonyl (C=O) groups is 2. The predicted molar refractivity (Wildman–Crippen MR) is 156 cm³/mol. The highest BCUT2D eigenvalue weighted by atomic mass is 35.5. The lowest BCUT2D eigenvalue weighted by Gasteiger charge is -2.22. The standard InChI is InChI=1S/C28H26Cl2N4O5S/c1-3-12-34(13-4-2)28-31-16-24(30)25(32-28)20-11-9-18(14-22(20)27(36)37)26(35)33-40(38,39)19-10-8-17-6-5-7-23(29)21(17)15-19/h5-11,14-16H,3-4,12-13H2,1-2H3,(H,33,35)(H,36,37). The molecule has 0 aliphatic heterocycles. The van der Waals surface area contributed by atoms with Gasteiger partial charge in [-0.15, -0.1) is 0 Å². The molecule has 0 atom stereocenters. The second kappa shape index (κ2) is 12.2. The van der Waals surface area contributed by atoms with Crippen molar-refractivity contribution in [2.45, 2.75) is 31.6 Å². The second-order valence-electron chi connectivity index (χ2n) is 8.98. The number of anilines is 1. The first-order valence-electron chi connectivity index (χ1n) is 12.5. The molecule has 2 N–H and O–H groups in total. The summed E-state index contributed by atoms with van der Waals surface area (Å²) in [7, 11) is -4.30. The number of aromatic nitrogens is 2. The molecule has 4 aromatic rings. The summed E-state index contributed by atoms with van der Waals surface area (Å²) in [6.07, 6.45) is 3.13. The van der Waals surface area contributed by atoms with Gasteiger partial charge in [0.15, 0.2) is 0 Å². The Morgan fingerprint density at radius 1 is 0.975 bits per heavy atom. The zero-order valence-corrected chi connectivity index (χ0v) is 24.0. The monoisotopic (exact) mass is 600 g/mol. The van der Waals surface area contributed by atoms with Gasteiger partial charge in [-0.1, -0.05) is 61.3 Å². The van der Waals surface area contributed by atoms with Crippen LogP contribution in [0, 0.1) is 0 Å². The molecule has 0 aliphatic rings. The lowest BCUT2D eigenvalue weighted by atomic mass is 10.0.